The monoisotopic (exact) mass is 194 g/mol. The van der Waals surface area contributed by atoms with Crippen LogP contribution in [0.4, 0.5) is 0 Å². The zero-order valence-corrected chi connectivity index (χ0v) is 9.16. The van der Waals surface area contributed by atoms with Gasteiger partial charge in [0.05, 0.1) is 11.9 Å². The maximum Gasteiger partial charge on any atom is 0.0950 e. The first-order chi connectivity index (χ1) is 6.58. The maximum absolute atomic E-state index is 5.70. The molecule has 1 aliphatic heterocycles. The molecule has 0 aromatic carbocycles. The number of aryl methyl sites for hydroxylation is 1. The fourth-order valence-corrected chi connectivity index (χ4v) is 2.19. The van der Waals surface area contributed by atoms with Gasteiger partial charge in [-0.25, -0.2) is 4.98 Å². The van der Waals surface area contributed by atoms with Gasteiger partial charge in [0.15, 0.2) is 0 Å². The molecule has 0 saturated carbocycles. The summed E-state index contributed by atoms with van der Waals surface area (Å²) >= 11 is 0. The third-order valence-corrected chi connectivity index (χ3v) is 2.92. The van der Waals surface area contributed by atoms with Gasteiger partial charge in [-0.05, 0) is 33.6 Å². The van der Waals surface area contributed by atoms with Crippen LogP contribution in [0.5, 0.6) is 0 Å². The predicted octanol–water partition coefficient (Wildman–Crippen LogP) is 2.32. The number of nitrogens with zero attached hydrogens (tertiary/aromatic N) is 2. The molecular formula is C11H18N2O. The van der Waals surface area contributed by atoms with Crippen LogP contribution in [0.3, 0.4) is 0 Å². The molecule has 3 nitrogen and oxygen atoms in total. The van der Waals surface area contributed by atoms with Crippen LogP contribution < -0.4 is 0 Å². The van der Waals surface area contributed by atoms with Crippen molar-refractivity contribution in [3.8, 4) is 0 Å². The lowest BCUT2D eigenvalue weighted by atomic mass is 9.94. The molecule has 0 bridgehead atoms. The van der Waals surface area contributed by atoms with Crippen molar-refractivity contribution in [2.75, 3.05) is 6.61 Å². The Balaban J connectivity index is 2.16. The summed E-state index contributed by atoms with van der Waals surface area (Å²) in [7, 11) is 0. The number of hydrogen-bond donors (Lipinski definition) is 0. The summed E-state index contributed by atoms with van der Waals surface area (Å²) < 4.78 is 7.97. The van der Waals surface area contributed by atoms with Gasteiger partial charge in [0, 0.05) is 24.5 Å². The Hall–Kier alpha value is -0.830. The van der Waals surface area contributed by atoms with E-state index in [1.165, 1.54) is 5.69 Å². The fourth-order valence-electron chi connectivity index (χ4n) is 2.19. The fraction of sp³-hybridized carbons (Fsp3) is 0.727. The minimum Gasteiger partial charge on any atom is -0.375 e. The van der Waals surface area contributed by atoms with E-state index in [1.807, 2.05) is 12.5 Å². The van der Waals surface area contributed by atoms with Crippen molar-refractivity contribution in [2.45, 2.75) is 45.3 Å². The molecule has 2 rings (SSSR count). The molecule has 1 aromatic heterocycles. The Morgan fingerprint density at radius 3 is 2.93 bits per heavy atom. The van der Waals surface area contributed by atoms with E-state index in [0.717, 1.165) is 19.4 Å². The predicted molar refractivity (Wildman–Crippen MR) is 55.3 cm³/mol. The molecule has 1 aliphatic rings. The van der Waals surface area contributed by atoms with Crippen LogP contribution in [0.2, 0.25) is 0 Å². The lowest BCUT2D eigenvalue weighted by molar-refractivity contribution is -0.0693. The summed E-state index contributed by atoms with van der Waals surface area (Å²) in [5.74, 6) is 0. The van der Waals surface area contributed by atoms with E-state index in [2.05, 4.69) is 30.3 Å². The number of ether oxygens (including phenoxy) is 1. The van der Waals surface area contributed by atoms with Crippen LogP contribution in [0.25, 0.3) is 0 Å². The molecule has 78 valence electrons. The molecule has 1 fully saturated rings. The average Bonchev–Trinajstić information content (AvgIpc) is 2.49. The highest BCUT2D eigenvalue weighted by Crippen LogP contribution is 2.32. The summed E-state index contributed by atoms with van der Waals surface area (Å²) in [5, 5.41) is 0. The van der Waals surface area contributed by atoms with Gasteiger partial charge < -0.3 is 9.30 Å². The zero-order chi connectivity index (χ0) is 10.2. The standard InChI is InChI=1S/C11H18N2O/c1-9-7-12-8-13(9)10-4-5-14-11(2,3)6-10/h7-8,10H,4-6H2,1-3H3. The van der Waals surface area contributed by atoms with E-state index < -0.39 is 0 Å². The van der Waals surface area contributed by atoms with Crippen LogP contribution in [0.15, 0.2) is 12.5 Å². The third-order valence-electron chi connectivity index (χ3n) is 2.92. The Labute approximate surface area is 85.1 Å². The molecule has 1 aromatic rings. The smallest absolute Gasteiger partial charge is 0.0950 e. The van der Waals surface area contributed by atoms with Gasteiger partial charge in [-0.3, -0.25) is 0 Å². The highest BCUT2D eigenvalue weighted by molar-refractivity contribution is 4.98. The van der Waals surface area contributed by atoms with E-state index in [-0.39, 0.29) is 5.60 Å². The van der Waals surface area contributed by atoms with Gasteiger partial charge in [0.2, 0.25) is 0 Å². The molecular weight excluding hydrogens is 176 g/mol. The number of imidazole rings is 1. The molecule has 0 amide bonds. The molecule has 1 atom stereocenters. The van der Waals surface area contributed by atoms with Gasteiger partial charge in [0.1, 0.15) is 0 Å². The van der Waals surface area contributed by atoms with Crippen LogP contribution in [0, 0.1) is 6.92 Å². The van der Waals surface area contributed by atoms with Crippen molar-refractivity contribution in [1.82, 2.24) is 9.55 Å². The molecule has 0 spiro atoms. The quantitative estimate of drug-likeness (QED) is 0.686. The second-order valence-electron chi connectivity index (χ2n) is 4.70. The van der Waals surface area contributed by atoms with Crippen molar-refractivity contribution in [1.29, 1.82) is 0 Å². The molecule has 2 heterocycles. The molecule has 0 N–H and O–H groups in total. The molecule has 3 heteroatoms. The molecule has 0 aliphatic carbocycles. The Bertz CT molecular complexity index is 317. The van der Waals surface area contributed by atoms with Crippen LogP contribution in [0.1, 0.15) is 38.4 Å². The summed E-state index contributed by atoms with van der Waals surface area (Å²) in [6.07, 6.45) is 6.02. The van der Waals surface area contributed by atoms with Crippen molar-refractivity contribution in [2.24, 2.45) is 0 Å². The Morgan fingerprint density at radius 1 is 1.57 bits per heavy atom. The summed E-state index contributed by atoms with van der Waals surface area (Å²) in [4.78, 5) is 4.17. The van der Waals surface area contributed by atoms with Gasteiger partial charge in [-0.2, -0.15) is 0 Å². The van der Waals surface area contributed by atoms with Gasteiger partial charge in [-0.15, -0.1) is 0 Å². The molecule has 14 heavy (non-hydrogen) atoms. The molecule has 1 saturated heterocycles. The maximum atomic E-state index is 5.70. The number of hydrogen-bond acceptors (Lipinski definition) is 2. The van der Waals surface area contributed by atoms with Crippen LogP contribution in [-0.4, -0.2) is 21.8 Å². The van der Waals surface area contributed by atoms with Crippen molar-refractivity contribution in [3.05, 3.63) is 18.2 Å². The Kier molecular flexibility index (Phi) is 2.35. The topological polar surface area (TPSA) is 27.1 Å². The van der Waals surface area contributed by atoms with E-state index in [0.29, 0.717) is 6.04 Å². The van der Waals surface area contributed by atoms with E-state index in [9.17, 15) is 0 Å². The van der Waals surface area contributed by atoms with Crippen LogP contribution in [-0.2, 0) is 4.74 Å². The van der Waals surface area contributed by atoms with E-state index in [1.54, 1.807) is 0 Å². The van der Waals surface area contributed by atoms with Crippen molar-refractivity contribution in [3.63, 3.8) is 0 Å². The van der Waals surface area contributed by atoms with Gasteiger partial charge in [0.25, 0.3) is 0 Å². The lowest BCUT2D eigenvalue weighted by Crippen LogP contribution is -2.35. The first-order valence-electron chi connectivity index (χ1n) is 5.21. The SMILES string of the molecule is Cc1cncn1C1CCOC(C)(C)C1. The van der Waals surface area contributed by atoms with Crippen LogP contribution >= 0.6 is 0 Å². The normalized spacial score (nSPS) is 26.4. The number of rotatable bonds is 1. The lowest BCUT2D eigenvalue weighted by Gasteiger charge is -2.36. The summed E-state index contributed by atoms with van der Waals surface area (Å²) in [6, 6.07) is 0.557. The van der Waals surface area contributed by atoms with Crippen molar-refractivity contribution >= 4 is 0 Å². The average molecular weight is 194 g/mol. The van der Waals surface area contributed by atoms with Gasteiger partial charge >= 0.3 is 0 Å². The highest BCUT2D eigenvalue weighted by Gasteiger charge is 2.29. The molecule has 0 radical (unpaired) electrons. The first-order valence-corrected chi connectivity index (χ1v) is 5.21. The van der Waals surface area contributed by atoms with Gasteiger partial charge in [-0.1, -0.05) is 0 Å². The highest BCUT2D eigenvalue weighted by atomic mass is 16.5. The second-order valence-corrected chi connectivity index (χ2v) is 4.70. The first kappa shape index (κ1) is 9.71. The minimum atomic E-state index is 0.0135. The summed E-state index contributed by atoms with van der Waals surface area (Å²) in [6.45, 7) is 7.28. The minimum absolute atomic E-state index is 0.0135. The van der Waals surface area contributed by atoms with E-state index in [4.69, 9.17) is 4.74 Å². The number of aromatic nitrogens is 2. The molecule has 1 unspecified atom stereocenters. The second kappa shape index (κ2) is 3.39. The van der Waals surface area contributed by atoms with E-state index >= 15 is 0 Å². The zero-order valence-electron chi connectivity index (χ0n) is 9.16. The summed E-state index contributed by atoms with van der Waals surface area (Å²) in [5.41, 5.74) is 1.26. The Morgan fingerprint density at radius 2 is 2.36 bits per heavy atom. The largest absolute Gasteiger partial charge is 0.375 e. The third kappa shape index (κ3) is 1.82. The van der Waals surface area contributed by atoms with Crippen molar-refractivity contribution < 1.29 is 4.74 Å².